The maximum Gasteiger partial charge on any atom is 0.147 e. The number of hydrogen-bond acceptors (Lipinski definition) is 8. The second-order valence-electron chi connectivity index (χ2n) is 10.3. The van der Waals surface area contributed by atoms with Gasteiger partial charge < -0.3 is 14.6 Å². The summed E-state index contributed by atoms with van der Waals surface area (Å²) in [6, 6.07) is 4.25. The van der Waals surface area contributed by atoms with Crippen molar-refractivity contribution in [1.29, 1.82) is 0 Å². The summed E-state index contributed by atoms with van der Waals surface area (Å²) < 4.78 is 43.1. The maximum absolute atomic E-state index is 15.3. The second-order valence-corrected chi connectivity index (χ2v) is 10.7. The van der Waals surface area contributed by atoms with Gasteiger partial charge in [-0.1, -0.05) is 16.8 Å². The largest absolute Gasteiger partial charge is 0.488 e. The van der Waals surface area contributed by atoms with Crippen LogP contribution in [0.3, 0.4) is 0 Å². The van der Waals surface area contributed by atoms with E-state index in [-0.39, 0.29) is 12.3 Å². The molecule has 6 rings (SSSR count). The number of alkyl halides is 1. The molecule has 0 aromatic carbocycles. The molecular weight excluding hydrogens is 532 g/mol. The molecule has 0 saturated carbocycles. The van der Waals surface area contributed by atoms with E-state index in [1.807, 2.05) is 6.92 Å². The molecule has 39 heavy (non-hydrogen) atoms. The maximum atomic E-state index is 15.3. The highest BCUT2D eigenvalue weighted by Gasteiger charge is 2.37. The van der Waals surface area contributed by atoms with E-state index in [4.69, 9.17) is 21.1 Å². The Labute approximate surface area is 228 Å². The van der Waals surface area contributed by atoms with Crippen LogP contribution in [-0.2, 0) is 10.3 Å². The summed E-state index contributed by atoms with van der Waals surface area (Å²) in [5, 5.41) is 24.4. The molecule has 10 nitrogen and oxygen atoms in total. The van der Waals surface area contributed by atoms with Crippen LogP contribution in [0.25, 0.3) is 16.8 Å². The minimum absolute atomic E-state index is 0.188. The van der Waals surface area contributed by atoms with Crippen LogP contribution in [0.5, 0.6) is 5.75 Å². The summed E-state index contributed by atoms with van der Waals surface area (Å²) in [4.78, 5) is 6.12. The Balaban J connectivity index is 1.27. The number of hydrogen-bond donors (Lipinski definition) is 1. The first-order valence-electron chi connectivity index (χ1n) is 12.7. The van der Waals surface area contributed by atoms with Crippen molar-refractivity contribution < 1.29 is 23.4 Å². The molecule has 0 aliphatic carbocycles. The van der Waals surface area contributed by atoms with Crippen molar-refractivity contribution in [3.63, 3.8) is 0 Å². The van der Waals surface area contributed by atoms with Gasteiger partial charge in [-0.15, -0.1) is 5.10 Å². The van der Waals surface area contributed by atoms with E-state index in [1.165, 1.54) is 25.3 Å². The van der Waals surface area contributed by atoms with Crippen LogP contribution in [-0.4, -0.2) is 84.7 Å². The number of likely N-dealkylation sites (tertiary alicyclic amines) is 1. The molecule has 0 spiro atoms. The Morgan fingerprint density at radius 1 is 1.28 bits per heavy atom. The molecule has 206 valence electrons. The third kappa shape index (κ3) is 4.86. The number of aliphatic hydroxyl groups is 1. The average molecular weight is 560 g/mol. The highest BCUT2D eigenvalue weighted by molar-refractivity contribution is 6.34. The molecule has 13 heteroatoms. The van der Waals surface area contributed by atoms with Crippen molar-refractivity contribution >= 4 is 17.1 Å². The number of fused-ring (bicyclic) bond motifs is 1. The predicted octanol–water partition coefficient (Wildman–Crippen LogP) is 3.36. The smallest absolute Gasteiger partial charge is 0.147 e. The number of nitrogens with zero attached hydrogens (tertiary/aromatic N) is 7. The quantitative estimate of drug-likeness (QED) is 0.368. The first kappa shape index (κ1) is 26.1. The molecule has 4 aromatic rings. The Bertz CT molecular complexity index is 1490. The van der Waals surface area contributed by atoms with Crippen molar-refractivity contribution in [2.75, 3.05) is 32.9 Å². The Hall–Kier alpha value is -3.19. The van der Waals surface area contributed by atoms with E-state index in [9.17, 15) is 9.50 Å². The Morgan fingerprint density at radius 3 is 2.79 bits per heavy atom. The van der Waals surface area contributed by atoms with Crippen molar-refractivity contribution in [2.24, 2.45) is 0 Å². The third-order valence-electron chi connectivity index (χ3n) is 7.51. The predicted molar refractivity (Wildman–Crippen MR) is 138 cm³/mol. The first-order valence-corrected chi connectivity index (χ1v) is 13.1. The summed E-state index contributed by atoms with van der Waals surface area (Å²) in [7, 11) is 0. The van der Waals surface area contributed by atoms with Gasteiger partial charge in [0.1, 0.15) is 41.2 Å². The lowest BCUT2D eigenvalue weighted by Crippen LogP contribution is -2.55. The fraction of sp³-hybridized carbons (Fsp3) is 0.462. The topological polar surface area (TPSA) is 103 Å². The van der Waals surface area contributed by atoms with Crippen LogP contribution in [0.4, 0.5) is 8.78 Å². The number of rotatable bonds is 7. The SMILES string of the molecule is Cc1c(-c2cc(OCC(C)(O)c3ccc(F)cn3)c3c(Cl)cnn3c2)nnn1C1CCN(C2COC2)CC1F. The number of piperidine rings is 1. The number of pyridine rings is 2. The lowest BCUT2D eigenvalue weighted by atomic mass is 10.00. The van der Waals surface area contributed by atoms with Crippen molar-refractivity contribution in [1.82, 2.24) is 34.5 Å². The van der Waals surface area contributed by atoms with E-state index < -0.39 is 23.6 Å². The standard InChI is InChI=1S/C26H28ClF2N7O3/c1-15-24(32-33-36(15)21-5-6-34(11-20(21)29)18-12-38-13-18)16-7-22(25-19(27)9-31-35(25)10-16)39-14-26(2,37)23-4-3-17(28)8-30-23/h3-4,7-10,18,20-21,37H,5-6,11-14H2,1-2H3. The van der Waals surface area contributed by atoms with E-state index in [1.54, 1.807) is 21.5 Å². The van der Waals surface area contributed by atoms with E-state index in [2.05, 4.69) is 25.3 Å². The normalized spacial score (nSPS) is 22.1. The van der Waals surface area contributed by atoms with Gasteiger partial charge in [0.25, 0.3) is 0 Å². The molecule has 0 bridgehead atoms. The molecular formula is C26H28ClF2N7O3. The molecule has 0 amide bonds. The van der Waals surface area contributed by atoms with Crippen molar-refractivity contribution in [3.05, 3.63) is 59.0 Å². The van der Waals surface area contributed by atoms with Crippen LogP contribution in [0.15, 0.2) is 36.8 Å². The fourth-order valence-electron chi connectivity index (χ4n) is 5.15. The molecule has 3 atom stereocenters. The Kier molecular flexibility index (Phi) is 6.74. The monoisotopic (exact) mass is 559 g/mol. The number of aromatic nitrogens is 6. The highest BCUT2D eigenvalue weighted by atomic mass is 35.5. The van der Waals surface area contributed by atoms with Gasteiger partial charge >= 0.3 is 0 Å². The van der Waals surface area contributed by atoms with Crippen LogP contribution in [0, 0.1) is 12.7 Å². The summed E-state index contributed by atoms with van der Waals surface area (Å²) >= 11 is 6.40. The summed E-state index contributed by atoms with van der Waals surface area (Å²) in [6.45, 7) is 5.62. The zero-order chi connectivity index (χ0) is 27.3. The van der Waals surface area contributed by atoms with Crippen LogP contribution in [0.2, 0.25) is 5.02 Å². The van der Waals surface area contributed by atoms with Gasteiger partial charge in [0.15, 0.2) is 0 Å². The Morgan fingerprint density at radius 2 is 2.10 bits per heavy atom. The lowest BCUT2D eigenvalue weighted by molar-refractivity contribution is -0.0849. The van der Waals surface area contributed by atoms with E-state index in [0.29, 0.717) is 65.5 Å². The van der Waals surface area contributed by atoms with Gasteiger partial charge in [0.2, 0.25) is 0 Å². The minimum Gasteiger partial charge on any atom is -0.488 e. The van der Waals surface area contributed by atoms with Crippen LogP contribution >= 0.6 is 11.6 Å². The highest BCUT2D eigenvalue weighted by Crippen LogP contribution is 2.35. The van der Waals surface area contributed by atoms with Gasteiger partial charge in [0, 0.05) is 24.8 Å². The van der Waals surface area contributed by atoms with Gasteiger partial charge in [-0.2, -0.15) is 5.10 Å². The number of ether oxygens (including phenoxy) is 2. The fourth-order valence-corrected chi connectivity index (χ4v) is 5.38. The lowest BCUT2D eigenvalue weighted by Gasteiger charge is -2.42. The molecule has 0 radical (unpaired) electrons. The number of halogens is 3. The van der Waals surface area contributed by atoms with Gasteiger partial charge in [-0.3, -0.25) is 9.88 Å². The van der Waals surface area contributed by atoms with Gasteiger partial charge in [-0.05, 0) is 38.5 Å². The molecule has 2 fully saturated rings. The molecule has 1 N–H and O–H groups in total. The van der Waals surface area contributed by atoms with Crippen LogP contribution < -0.4 is 4.74 Å². The molecule has 4 aromatic heterocycles. The van der Waals surface area contributed by atoms with E-state index >= 15 is 4.39 Å². The van der Waals surface area contributed by atoms with Crippen molar-refractivity contribution in [3.8, 4) is 17.0 Å². The summed E-state index contributed by atoms with van der Waals surface area (Å²) in [5.74, 6) is -0.150. The van der Waals surface area contributed by atoms with E-state index in [0.717, 1.165) is 12.7 Å². The molecule has 2 aliphatic rings. The van der Waals surface area contributed by atoms with Gasteiger partial charge in [0.05, 0.1) is 54.1 Å². The molecule has 2 saturated heterocycles. The summed E-state index contributed by atoms with van der Waals surface area (Å²) in [5.41, 5.74) is 1.16. The van der Waals surface area contributed by atoms with Gasteiger partial charge in [-0.25, -0.2) is 18.0 Å². The zero-order valence-electron chi connectivity index (χ0n) is 21.5. The summed E-state index contributed by atoms with van der Waals surface area (Å²) in [6.07, 6.45) is 3.82. The van der Waals surface area contributed by atoms with Crippen molar-refractivity contribution in [2.45, 2.75) is 44.1 Å². The average Bonchev–Trinajstić information content (AvgIpc) is 3.44. The molecule has 3 unspecified atom stereocenters. The van der Waals surface area contributed by atoms with Crippen LogP contribution in [0.1, 0.15) is 30.8 Å². The zero-order valence-corrected chi connectivity index (χ0v) is 22.2. The third-order valence-corrected chi connectivity index (χ3v) is 7.79. The molecule has 2 aliphatic heterocycles. The molecule has 6 heterocycles. The second kappa shape index (κ2) is 10.1. The minimum atomic E-state index is -1.51. The first-order chi connectivity index (χ1) is 18.7.